The molecule has 3 nitrogen and oxygen atoms in total. The van der Waals surface area contributed by atoms with E-state index < -0.39 is 80.5 Å². The topological polar surface area (TPSA) is 35.5 Å². The second-order valence-electron chi connectivity index (χ2n) is 8.00. The fourth-order valence-electron chi connectivity index (χ4n) is 2.90. The Morgan fingerprint density at radius 3 is 1.68 bits per heavy atom. The number of methoxy groups -OCH3 is 1. The van der Waals surface area contributed by atoms with Gasteiger partial charge in [-0.2, -0.15) is 57.1 Å². The van der Waals surface area contributed by atoms with Crippen molar-refractivity contribution >= 4 is 12.0 Å². The van der Waals surface area contributed by atoms with Crippen molar-refractivity contribution < 1.29 is 71.3 Å². The first-order valence-corrected chi connectivity index (χ1v) is 10.6. The van der Waals surface area contributed by atoms with Crippen LogP contribution in [0.2, 0.25) is 0 Å². The summed E-state index contributed by atoms with van der Waals surface area (Å²) < 4.78 is 182. The summed E-state index contributed by atoms with van der Waals surface area (Å²) in [5.41, 5.74) is 0.0766. The van der Waals surface area contributed by atoms with Crippen LogP contribution in [0.25, 0.3) is 6.08 Å². The van der Waals surface area contributed by atoms with E-state index in [0.29, 0.717) is 11.8 Å². The number of ether oxygens (including phenoxy) is 2. The zero-order chi connectivity index (χ0) is 29.6. The lowest BCUT2D eigenvalue weighted by Crippen LogP contribution is -2.67. The maximum absolute atomic E-state index is 13.9. The van der Waals surface area contributed by atoms with Crippen molar-refractivity contribution in [2.24, 2.45) is 0 Å². The number of unbranched alkanes of at least 4 members (excludes halogenated alkanes) is 3. The molecule has 0 amide bonds. The summed E-state index contributed by atoms with van der Waals surface area (Å²) in [5.74, 6) is -29.9. The van der Waals surface area contributed by atoms with Gasteiger partial charge in [-0.3, -0.25) is 0 Å². The summed E-state index contributed by atoms with van der Waals surface area (Å²) in [6, 6.07) is 5.11. The summed E-state index contributed by atoms with van der Waals surface area (Å²) in [4.78, 5) is 11.5. The van der Waals surface area contributed by atoms with Gasteiger partial charge in [-0.25, -0.2) is 4.79 Å². The van der Waals surface area contributed by atoms with Crippen molar-refractivity contribution in [2.45, 2.75) is 74.5 Å². The minimum atomic E-state index is -7.44. The monoisotopic (exact) mass is 580 g/mol. The van der Waals surface area contributed by atoms with Gasteiger partial charge in [-0.05, 0) is 36.6 Å². The molecule has 0 aliphatic rings. The second kappa shape index (κ2) is 12.0. The zero-order valence-electron chi connectivity index (χ0n) is 19.3. The van der Waals surface area contributed by atoms with Crippen molar-refractivity contribution in [3.05, 3.63) is 35.9 Å². The van der Waals surface area contributed by atoms with Gasteiger partial charge in [0.2, 0.25) is 0 Å². The van der Waals surface area contributed by atoms with Gasteiger partial charge in [0.1, 0.15) is 5.75 Å². The van der Waals surface area contributed by atoms with E-state index in [2.05, 4.69) is 4.74 Å². The summed E-state index contributed by atoms with van der Waals surface area (Å²) in [6.07, 6.45) is -16.8. The summed E-state index contributed by atoms with van der Waals surface area (Å²) in [5, 5.41) is 0. The predicted molar refractivity (Wildman–Crippen MR) is 107 cm³/mol. The van der Waals surface area contributed by atoms with Crippen molar-refractivity contribution in [3.8, 4) is 5.75 Å². The van der Waals surface area contributed by atoms with Gasteiger partial charge in [0.05, 0.1) is 7.11 Å². The van der Waals surface area contributed by atoms with E-state index in [1.54, 1.807) is 0 Å². The number of carbonyl (C=O) groups excluding carboxylic acids is 1. The first-order valence-electron chi connectivity index (χ1n) is 10.6. The van der Waals surface area contributed by atoms with Crippen LogP contribution in [0.4, 0.5) is 57.1 Å². The molecule has 0 aliphatic carbocycles. The Balaban J connectivity index is 2.93. The third-order valence-electron chi connectivity index (χ3n) is 5.07. The lowest BCUT2D eigenvalue weighted by Gasteiger charge is -2.38. The Morgan fingerprint density at radius 1 is 0.711 bits per heavy atom. The van der Waals surface area contributed by atoms with Crippen LogP contribution in [0.3, 0.4) is 0 Å². The van der Waals surface area contributed by atoms with Crippen molar-refractivity contribution in [1.29, 1.82) is 0 Å². The molecule has 1 aromatic carbocycles. The average Bonchev–Trinajstić information content (AvgIpc) is 2.78. The van der Waals surface area contributed by atoms with E-state index in [1.165, 1.54) is 31.4 Å². The number of benzene rings is 1. The molecule has 0 heterocycles. The van der Waals surface area contributed by atoms with Crippen LogP contribution < -0.4 is 4.74 Å². The Morgan fingerprint density at radius 2 is 1.21 bits per heavy atom. The fourth-order valence-corrected chi connectivity index (χ4v) is 2.90. The van der Waals surface area contributed by atoms with Crippen LogP contribution in [0.1, 0.15) is 44.1 Å². The minimum absolute atomic E-state index is 0.0650. The van der Waals surface area contributed by atoms with E-state index in [1.807, 2.05) is 0 Å². The number of hydrogen-bond donors (Lipinski definition) is 0. The maximum atomic E-state index is 13.9. The second-order valence-corrected chi connectivity index (χ2v) is 8.00. The highest BCUT2D eigenvalue weighted by atomic mass is 19.4. The van der Waals surface area contributed by atoms with Gasteiger partial charge in [-0.15, -0.1) is 0 Å². The van der Waals surface area contributed by atoms with E-state index >= 15 is 0 Å². The third kappa shape index (κ3) is 7.91. The number of halogens is 13. The van der Waals surface area contributed by atoms with E-state index in [-0.39, 0.29) is 11.6 Å². The van der Waals surface area contributed by atoms with Gasteiger partial charge < -0.3 is 9.47 Å². The summed E-state index contributed by atoms with van der Waals surface area (Å²) in [6.45, 7) is 0. The Kier molecular flexibility index (Phi) is 10.5. The lowest BCUT2D eigenvalue weighted by molar-refractivity contribution is -0.436. The minimum Gasteiger partial charge on any atom is -0.497 e. The number of esters is 1. The van der Waals surface area contributed by atoms with Gasteiger partial charge in [0.15, 0.2) is 0 Å². The number of hydrogen-bond acceptors (Lipinski definition) is 3. The smallest absolute Gasteiger partial charge is 0.473 e. The van der Waals surface area contributed by atoms with Crippen molar-refractivity contribution in [3.63, 3.8) is 0 Å². The van der Waals surface area contributed by atoms with Gasteiger partial charge in [-0.1, -0.05) is 25.0 Å². The molecular weight excluding hydrogens is 559 g/mol. The quantitative estimate of drug-likeness (QED) is 0.0962. The molecule has 0 N–H and O–H groups in total. The normalized spacial score (nSPS) is 14.2. The predicted octanol–water partition coefficient (Wildman–Crippen LogP) is 8.29. The highest BCUT2D eigenvalue weighted by Crippen LogP contribution is 2.58. The third-order valence-corrected chi connectivity index (χ3v) is 5.07. The van der Waals surface area contributed by atoms with Crippen LogP contribution in [-0.4, -0.2) is 49.1 Å². The molecule has 0 atom stereocenters. The Hall–Kier alpha value is -2.68. The first-order chi connectivity index (χ1) is 17.1. The standard InChI is InChI=1S/C22H21F13O3/c1-37-15-9-6-14(7-10-15)8-11-16(36)38-22(34,35)21(32,33)20(30,31)19(28,29)17(23,24)12-4-2-3-5-13-18(25,26)27/h6-11H,2-5,12-13H2,1H3. The molecule has 218 valence electrons. The number of alkyl halides is 13. The van der Waals surface area contributed by atoms with E-state index in [0.717, 1.165) is 0 Å². The highest BCUT2D eigenvalue weighted by Gasteiger charge is 2.87. The summed E-state index contributed by atoms with van der Waals surface area (Å²) in [7, 11) is 1.29. The molecule has 0 spiro atoms. The Bertz CT molecular complexity index is 939. The lowest BCUT2D eigenvalue weighted by atomic mass is 9.94. The van der Waals surface area contributed by atoms with Gasteiger partial charge >= 0.3 is 41.9 Å². The zero-order valence-corrected chi connectivity index (χ0v) is 19.3. The van der Waals surface area contributed by atoms with Crippen LogP contribution in [0.15, 0.2) is 30.3 Å². The molecule has 0 aromatic heterocycles. The van der Waals surface area contributed by atoms with E-state index in [9.17, 15) is 61.9 Å². The maximum Gasteiger partial charge on any atom is 0.473 e. The molecule has 0 radical (unpaired) electrons. The molecular formula is C22H21F13O3. The molecule has 0 aliphatic heterocycles. The number of rotatable bonds is 14. The molecule has 1 aromatic rings. The molecule has 1 rings (SSSR count). The first kappa shape index (κ1) is 33.3. The van der Waals surface area contributed by atoms with Crippen LogP contribution in [0.5, 0.6) is 5.75 Å². The molecule has 16 heteroatoms. The van der Waals surface area contributed by atoms with Crippen molar-refractivity contribution in [2.75, 3.05) is 7.11 Å². The van der Waals surface area contributed by atoms with E-state index in [4.69, 9.17) is 4.74 Å². The van der Waals surface area contributed by atoms with Crippen LogP contribution in [-0.2, 0) is 9.53 Å². The summed E-state index contributed by atoms with van der Waals surface area (Å²) >= 11 is 0. The fraction of sp³-hybridized carbons (Fsp3) is 0.591. The van der Waals surface area contributed by atoms with Gasteiger partial charge in [0.25, 0.3) is 0 Å². The largest absolute Gasteiger partial charge is 0.497 e. The van der Waals surface area contributed by atoms with Crippen LogP contribution in [0, 0.1) is 0 Å². The molecule has 38 heavy (non-hydrogen) atoms. The molecule has 0 fully saturated rings. The van der Waals surface area contributed by atoms with Gasteiger partial charge in [0, 0.05) is 18.9 Å². The molecule has 0 unspecified atom stereocenters. The van der Waals surface area contributed by atoms with Crippen LogP contribution >= 0.6 is 0 Å². The number of carbonyl (C=O) groups is 1. The molecule has 0 bridgehead atoms. The Labute approximate surface area is 207 Å². The SMILES string of the molecule is COc1ccc(C=CC(=O)OC(F)(F)C(F)(F)C(F)(F)C(F)(F)C(F)(F)CCCCCCC(F)(F)F)cc1. The highest BCUT2D eigenvalue weighted by molar-refractivity contribution is 5.87. The molecule has 0 saturated heterocycles. The molecule has 0 saturated carbocycles. The van der Waals surface area contributed by atoms with Crippen molar-refractivity contribution in [1.82, 2.24) is 0 Å². The average molecular weight is 580 g/mol.